The second-order valence-corrected chi connectivity index (χ2v) is 4.95. The molecule has 1 aliphatic heterocycles. The van der Waals surface area contributed by atoms with Crippen molar-refractivity contribution in [3.63, 3.8) is 0 Å². The number of anilines is 1. The maximum Gasteiger partial charge on any atom is 0.142 e. The van der Waals surface area contributed by atoms with E-state index in [0.29, 0.717) is 17.4 Å². The molecule has 1 unspecified atom stereocenters. The van der Waals surface area contributed by atoms with Gasteiger partial charge >= 0.3 is 0 Å². The fourth-order valence-corrected chi connectivity index (χ4v) is 2.54. The standard InChI is InChI=1S/C13H20FN3O/c1-10-8-16(2)4-3-5-17(10)13-11(9-18)6-12(14)7-15-13/h6-7,10,18H,3-5,8-9H2,1-2H3. The van der Waals surface area contributed by atoms with Gasteiger partial charge in [-0.1, -0.05) is 0 Å². The van der Waals surface area contributed by atoms with Gasteiger partial charge in [0.2, 0.25) is 0 Å². The maximum absolute atomic E-state index is 13.1. The predicted molar refractivity (Wildman–Crippen MR) is 69.0 cm³/mol. The molecule has 4 nitrogen and oxygen atoms in total. The van der Waals surface area contributed by atoms with Gasteiger partial charge in [0.1, 0.15) is 11.6 Å². The number of hydrogen-bond acceptors (Lipinski definition) is 4. The fourth-order valence-electron chi connectivity index (χ4n) is 2.54. The van der Waals surface area contributed by atoms with Crippen LogP contribution in [0.3, 0.4) is 0 Å². The van der Waals surface area contributed by atoms with Crippen LogP contribution in [-0.2, 0) is 6.61 Å². The van der Waals surface area contributed by atoms with Crippen LogP contribution >= 0.6 is 0 Å². The molecule has 0 aromatic carbocycles. The molecule has 1 fully saturated rings. The lowest BCUT2D eigenvalue weighted by molar-refractivity contribution is 0.280. The van der Waals surface area contributed by atoms with Gasteiger partial charge in [-0.2, -0.15) is 0 Å². The van der Waals surface area contributed by atoms with E-state index in [4.69, 9.17) is 0 Å². The van der Waals surface area contributed by atoms with Crippen molar-refractivity contribution >= 4 is 5.82 Å². The zero-order valence-electron chi connectivity index (χ0n) is 10.9. The van der Waals surface area contributed by atoms with Crippen molar-refractivity contribution < 1.29 is 9.50 Å². The molecule has 0 saturated carbocycles. The van der Waals surface area contributed by atoms with Crippen molar-refractivity contribution in [2.24, 2.45) is 0 Å². The lowest BCUT2D eigenvalue weighted by Gasteiger charge is -2.30. The highest BCUT2D eigenvalue weighted by atomic mass is 19.1. The Labute approximate surface area is 107 Å². The third-order valence-corrected chi connectivity index (χ3v) is 3.40. The van der Waals surface area contributed by atoms with Crippen LogP contribution in [0.5, 0.6) is 0 Å². The molecule has 18 heavy (non-hydrogen) atoms. The Morgan fingerprint density at radius 1 is 1.50 bits per heavy atom. The molecule has 0 amide bonds. The summed E-state index contributed by atoms with van der Waals surface area (Å²) < 4.78 is 13.1. The molecule has 2 heterocycles. The second-order valence-electron chi connectivity index (χ2n) is 4.95. The van der Waals surface area contributed by atoms with Crippen molar-refractivity contribution in [3.8, 4) is 0 Å². The van der Waals surface area contributed by atoms with Crippen molar-refractivity contribution in [1.82, 2.24) is 9.88 Å². The van der Waals surface area contributed by atoms with E-state index in [1.165, 1.54) is 12.3 Å². The molecule has 100 valence electrons. The molecule has 0 spiro atoms. The quantitative estimate of drug-likeness (QED) is 0.861. The average Bonchev–Trinajstić information content (AvgIpc) is 2.50. The third kappa shape index (κ3) is 2.79. The maximum atomic E-state index is 13.1. The first-order chi connectivity index (χ1) is 8.61. The summed E-state index contributed by atoms with van der Waals surface area (Å²) in [5.41, 5.74) is 0.561. The number of aromatic nitrogens is 1. The van der Waals surface area contributed by atoms with Gasteiger partial charge in [-0.3, -0.25) is 0 Å². The molecule has 1 aromatic rings. The van der Waals surface area contributed by atoms with Crippen molar-refractivity contribution in [2.45, 2.75) is 26.0 Å². The van der Waals surface area contributed by atoms with Crippen molar-refractivity contribution in [1.29, 1.82) is 0 Å². The molecule has 5 heteroatoms. The van der Waals surface area contributed by atoms with Crippen LogP contribution in [0, 0.1) is 5.82 Å². The minimum absolute atomic E-state index is 0.181. The summed E-state index contributed by atoms with van der Waals surface area (Å²) >= 11 is 0. The molecular weight excluding hydrogens is 233 g/mol. The van der Waals surface area contributed by atoms with Gasteiger partial charge in [0.05, 0.1) is 12.8 Å². The number of likely N-dealkylation sites (N-methyl/N-ethyl adjacent to an activating group) is 1. The van der Waals surface area contributed by atoms with E-state index in [1.54, 1.807) is 0 Å². The first kappa shape index (κ1) is 13.2. The predicted octanol–water partition coefficient (Wildman–Crippen LogP) is 1.24. The smallest absolute Gasteiger partial charge is 0.142 e. The van der Waals surface area contributed by atoms with Crippen LogP contribution in [0.25, 0.3) is 0 Å². The first-order valence-electron chi connectivity index (χ1n) is 6.32. The van der Waals surface area contributed by atoms with Crippen molar-refractivity contribution in [2.75, 3.05) is 31.6 Å². The lowest BCUT2D eigenvalue weighted by Crippen LogP contribution is -2.39. The van der Waals surface area contributed by atoms with Crippen LogP contribution in [0.1, 0.15) is 18.9 Å². The lowest BCUT2D eigenvalue weighted by atomic mass is 10.2. The third-order valence-electron chi connectivity index (χ3n) is 3.40. The highest BCUT2D eigenvalue weighted by Gasteiger charge is 2.22. The Balaban J connectivity index is 2.29. The summed E-state index contributed by atoms with van der Waals surface area (Å²) in [6, 6.07) is 1.67. The minimum atomic E-state index is -0.401. The Bertz CT molecular complexity index is 413. The number of rotatable bonds is 2. The number of halogens is 1. The molecule has 1 aliphatic rings. The zero-order chi connectivity index (χ0) is 13.1. The van der Waals surface area contributed by atoms with Gasteiger partial charge in [0.25, 0.3) is 0 Å². The van der Waals surface area contributed by atoms with Gasteiger partial charge in [-0.15, -0.1) is 0 Å². The number of nitrogens with zero attached hydrogens (tertiary/aromatic N) is 3. The number of pyridine rings is 1. The van der Waals surface area contributed by atoms with Gasteiger partial charge in [-0.25, -0.2) is 9.37 Å². The average molecular weight is 253 g/mol. The summed E-state index contributed by atoms with van der Waals surface area (Å²) in [4.78, 5) is 8.61. The summed E-state index contributed by atoms with van der Waals surface area (Å²) in [5.74, 6) is 0.309. The second kappa shape index (κ2) is 5.63. The van der Waals surface area contributed by atoms with Crippen LogP contribution < -0.4 is 4.90 Å². The number of aliphatic hydroxyl groups is 1. The van der Waals surface area contributed by atoms with Gasteiger partial charge in [0, 0.05) is 24.7 Å². The molecule has 1 N–H and O–H groups in total. The fraction of sp³-hybridized carbons (Fsp3) is 0.615. The Morgan fingerprint density at radius 2 is 2.28 bits per heavy atom. The largest absolute Gasteiger partial charge is 0.392 e. The van der Waals surface area contributed by atoms with E-state index < -0.39 is 5.82 Å². The van der Waals surface area contributed by atoms with E-state index >= 15 is 0 Å². The van der Waals surface area contributed by atoms with E-state index in [9.17, 15) is 9.50 Å². The van der Waals surface area contributed by atoms with Crippen LogP contribution in [0.2, 0.25) is 0 Å². The zero-order valence-corrected chi connectivity index (χ0v) is 10.9. The van der Waals surface area contributed by atoms with Gasteiger partial charge in [0.15, 0.2) is 0 Å². The van der Waals surface area contributed by atoms with Gasteiger partial charge < -0.3 is 14.9 Å². The Hall–Kier alpha value is -1.20. The van der Waals surface area contributed by atoms with Crippen molar-refractivity contribution in [3.05, 3.63) is 23.6 Å². The van der Waals surface area contributed by atoms with Crippen LogP contribution in [0.4, 0.5) is 10.2 Å². The van der Waals surface area contributed by atoms with E-state index in [-0.39, 0.29) is 6.61 Å². The first-order valence-corrected chi connectivity index (χ1v) is 6.32. The van der Waals surface area contributed by atoms with E-state index in [0.717, 1.165) is 26.1 Å². The molecule has 0 bridgehead atoms. The summed E-state index contributed by atoms with van der Waals surface area (Å²) in [6.45, 7) is 4.84. The molecule has 0 radical (unpaired) electrons. The Morgan fingerprint density at radius 3 is 3.00 bits per heavy atom. The molecule has 0 aliphatic carbocycles. The Kier molecular flexibility index (Phi) is 4.14. The highest BCUT2D eigenvalue weighted by molar-refractivity contribution is 5.47. The topological polar surface area (TPSA) is 39.6 Å². The summed E-state index contributed by atoms with van der Waals surface area (Å²) in [7, 11) is 2.10. The van der Waals surface area contributed by atoms with Crippen LogP contribution in [0.15, 0.2) is 12.3 Å². The normalized spacial score (nSPS) is 22.0. The molecule has 1 aromatic heterocycles. The van der Waals surface area contributed by atoms with Crippen LogP contribution in [-0.4, -0.2) is 47.7 Å². The number of aliphatic hydroxyl groups excluding tert-OH is 1. The number of hydrogen-bond donors (Lipinski definition) is 1. The van der Waals surface area contributed by atoms with E-state index in [1.807, 2.05) is 0 Å². The summed E-state index contributed by atoms with van der Waals surface area (Å²) in [6.07, 6.45) is 2.26. The summed E-state index contributed by atoms with van der Waals surface area (Å²) in [5, 5.41) is 9.34. The minimum Gasteiger partial charge on any atom is -0.392 e. The molecule has 2 rings (SSSR count). The van der Waals surface area contributed by atoms with E-state index in [2.05, 4.69) is 28.8 Å². The highest BCUT2D eigenvalue weighted by Crippen LogP contribution is 2.23. The molecule has 1 atom stereocenters. The van der Waals surface area contributed by atoms with Gasteiger partial charge in [-0.05, 0) is 33.0 Å². The molecule has 1 saturated heterocycles. The SMILES string of the molecule is CC1CN(C)CCCN1c1ncc(F)cc1CO. The monoisotopic (exact) mass is 253 g/mol. The molecular formula is C13H20FN3O.